The summed E-state index contributed by atoms with van der Waals surface area (Å²) < 4.78 is 0.699. The molecule has 5 nitrogen and oxygen atoms in total. The van der Waals surface area contributed by atoms with Crippen LogP contribution < -0.4 is 5.43 Å². The number of halogens is 1. The summed E-state index contributed by atoms with van der Waals surface area (Å²) in [4.78, 5) is 16.1. The van der Waals surface area contributed by atoms with E-state index in [-0.39, 0.29) is 11.3 Å². The number of benzene rings is 1. The molecule has 0 bridgehead atoms. The third kappa shape index (κ3) is 3.64. The number of aromatic nitrogens is 1. The van der Waals surface area contributed by atoms with Gasteiger partial charge in [0, 0.05) is 10.2 Å². The average molecular weight is 334 g/mol. The number of hydrazone groups is 1. The first kappa shape index (κ1) is 14.2. The third-order valence-corrected chi connectivity index (χ3v) is 2.97. The molecule has 0 spiro atoms. The smallest absolute Gasteiger partial charge is 0.275 e. The van der Waals surface area contributed by atoms with Gasteiger partial charge in [0.25, 0.3) is 5.91 Å². The van der Waals surface area contributed by atoms with E-state index in [4.69, 9.17) is 0 Å². The molecule has 0 radical (unpaired) electrons. The second kappa shape index (κ2) is 6.29. The van der Waals surface area contributed by atoms with Crippen molar-refractivity contribution in [1.29, 1.82) is 0 Å². The lowest BCUT2D eigenvalue weighted by Crippen LogP contribution is -2.17. The van der Waals surface area contributed by atoms with Crippen LogP contribution >= 0.6 is 15.9 Å². The SMILES string of the molecule is Cc1cccc(/C=N\NC(=O)c2cc(Br)ccc2O)n1. The van der Waals surface area contributed by atoms with E-state index in [2.05, 4.69) is 31.4 Å². The molecule has 1 amide bonds. The van der Waals surface area contributed by atoms with Crippen molar-refractivity contribution in [1.82, 2.24) is 10.4 Å². The van der Waals surface area contributed by atoms with E-state index in [9.17, 15) is 9.90 Å². The van der Waals surface area contributed by atoms with Crippen LogP contribution in [-0.4, -0.2) is 22.2 Å². The molecule has 0 saturated heterocycles. The van der Waals surface area contributed by atoms with Crippen molar-refractivity contribution in [2.24, 2.45) is 5.10 Å². The van der Waals surface area contributed by atoms with E-state index < -0.39 is 5.91 Å². The van der Waals surface area contributed by atoms with E-state index in [1.807, 2.05) is 19.1 Å². The Labute approximate surface area is 124 Å². The predicted molar refractivity (Wildman–Crippen MR) is 79.8 cm³/mol. The summed E-state index contributed by atoms with van der Waals surface area (Å²) in [5, 5.41) is 13.4. The number of nitrogens with one attached hydrogen (secondary N) is 1. The van der Waals surface area contributed by atoms with Gasteiger partial charge in [-0.2, -0.15) is 5.10 Å². The lowest BCUT2D eigenvalue weighted by atomic mass is 10.2. The Balaban J connectivity index is 2.07. The number of aryl methyl sites for hydroxylation is 1. The van der Waals surface area contributed by atoms with Crippen LogP contribution in [0.1, 0.15) is 21.7 Å². The summed E-state index contributed by atoms with van der Waals surface area (Å²) in [5.74, 6) is -0.595. The highest BCUT2D eigenvalue weighted by atomic mass is 79.9. The zero-order valence-corrected chi connectivity index (χ0v) is 12.3. The zero-order chi connectivity index (χ0) is 14.5. The minimum atomic E-state index is -0.493. The van der Waals surface area contributed by atoms with Crippen LogP contribution in [0, 0.1) is 6.92 Å². The Morgan fingerprint density at radius 2 is 2.20 bits per heavy atom. The standard InChI is InChI=1S/C14H12BrN3O2/c1-9-3-2-4-11(17-9)8-16-18-14(20)12-7-10(15)5-6-13(12)19/h2-8,19H,1H3,(H,18,20)/b16-8-. The van der Waals surface area contributed by atoms with Gasteiger partial charge in [0.2, 0.25) is 0 Å². The van der Waals surface area contributed by atoms with Gasteiger partial charge < -0.3 is 5.11 Å². The second-order valence-corrected chi connectivity index (χ2v) is 4.98. The fourth-order valence-electron chi connectivity index (χ4n) is 1.54. The number of hydrogen-bond donors (Lipinski definition) is 2. The molecule has 102 valence electrons. The van der Waals surface area contributed by atoms with Crippen molar-refractivity contribution in [2.45, 2.75) is 6.92 Å². The molecule has 2 rings (SSSR count). The Hall–Kier alpha value is -2.21. The molecule has 0 unspecified atom stereocenters. The van der Waals surface area contributed by atoms with E-state index in [0.717, 1.165) is 5.69 Å². The number of carbonyl (C=O) groups excluding carboxylic acids is 1. The van der Waals surface area contributed by atoms with Crippen molar-refractivity contribution in [3.8, 4) is 5.75 Å². The molecular formula is C14H12BrN3O2. The van der Waals surface area contributed by atoms with Gasteiger partial charge in [0.1, 0.15) is 5.75 Å². The number of phenolic OH excluding ortho intramolecular Hbond substituents is 1. The van der Waals surface area contributed by atoms with Crippen LogP contribution in [0.3, 0.4) is 0 Å². The molecule has 0 fully saturated rings. The molecule has 0 aliphatic carbocycles. The molecule has 2 aromatic rings. The summed E-state index contributed by atoms with van der Waals surface area (Å²) in [6.07, 6.45) is 1.44. The Morgan fingerprint density at radius 3 is 2.95 bits per heavy atom. The number of amides is 1. The summed E-state index contributed by atoms with van der Waals surface area (Å²) >= 11 is 3.24. The van der Waals surface area contributed by atoms with Gasteiger partial charge in [-0.3, -0.25) is 9.78 Å². The quantitative estimate of drug-likeness (QED) is 0.669. The highest BCUT2D eigenvalue weighted by molar-refractivity contribution is 9.10. The monoisotopic (exact) mass is 333 g/mol. The van der Waals surface area contributed by atoms with Gasteiger partial charge in [0.05, 0.1) is 17.5 Å². The van der Waals surface area contributed by atoms with Crippen LogP contribution in [0.25, 0.3) is 0 Å². The Bertz CT molecular complexity index is 671. The first-order valence-electron chi connectivity index (χ1n) is 5.82. The minimum absolute atomic E-state index is 0.102. The van der Waals surface area contributed by atoms with Gasteiger partial charge in [-0.1, -0.05) is 22.0 Å². The van der Waals surface area contributed by atoms with E-state index in [1.54, 1.807) is 12.1 Å². The van der Waals surface area contributed by atoms with Crippen LogP contribution in [-0.2, 0) is 0 Å². The van der Waals surface area contributed by atoms with E-state index >= 15 is 0 Å². The number of phenols is 1. The number of pyridine rings is 1. The summed E-state index contributed by atoms with van der Waals surface area (Å²) in [7, 11) is 0. The first-order valence-corrected chi connectivity index (χ1v) is 6.61. The van der Waals surface area contributed by atoms with Gasteiger partial charge in [-0.25, -0.2) is 5.43 Å². The van der Waals surface area contributed by atoms with Crippen molar-refractivity contribution in [3.63, 3.8) is 0 Å². The fourth-order valence-corrected chi connectivity index (χ4v) is 1.90. The predicted octanol–water partition coefficient (Wildman–Crippen LogP) is 2.62. The van der Waals surface area contributed by atoms with Crippen LogP contribution in [0.2, 0.25) is 0 Å². The molecule has 1 aromatic carbocycles. The summed E-state index contributed by atoms with van der Waals surface area (Å²) in [6.45, 7) is 1.87. The maximum atomic E-state index is 11.8. The maximum absolute atomic E-state index is 11.8. The molecular weight excluding hydrogens is 322 g/mol. The zero-order valence-electron chi connectivity index (χ0n) is 10.7. The Kier molecular flexibility index (Phi) is 4.47. The number of carbonyl (C=O) groups is 1. The topological polar surface area (TPSA) is 74.6 Å². The van der Waals surface area contributed by atoms with Crippen molar-refractivity contribution >= 4 is 28.1 Å². The van der Waals surface area contributed by atoms with E-state index in [0.29, 0.717) is 10.2 Å². The fraction of sp³-hybridized carbons (Fsp3) is 0.0714. The lowest BCUT2D eigenvalue weighted by Gasteiger charge is -2.03. The first-order chi connectivity index (χ1) is 9.56. The highest BCUT2D eigenvalue weighted by Gasteiger charge is 2.10. The second-order valence-electron chi connectivity index (χ2n) is 4.06. The summed E-state index contributed by atoms with van der Waals surface area (Å²) in [6, 6.07) is 10.1. The van der Waals surface area contributed by atoms with Crippen LogP contribution in [0.5, 0.6) is 5.75 Å². The van der Waals surface area contributed by atoms with Gasteiger partial charge in [-0.15, -0.1) is 0 Å². The highest BCUT2D eigenvalue weighted by Crippen LogP contribution is 2.21. The molecule has 0 aliphatic rings. The Morgan fingerprint density at radius 1 is 1.40 bits per heavy atom. The number of hydrogen-bond acceptors (Lipinski definition) is 4. The average Bonchev–Trinajstić information content (AvgIpc) is 2.41. The molecule has 0 saturated carbocycles. The van der Waals surface area contributed by atoms with E-state index in [1.165, 1.54) is 18.3 Å². The van der Waals surface area contributed by atoms with Gasteiger partial charge in [0.15, 0.2) is 0 Å². The molecule has 0 atom stereocenters. The minimum Gasteiger partial charge on any atom is -0.507 e. The largest absolute Gasteiger partial charge is 0.507 e. The molecule has 6 heteroatoms. The molecule has 2 N–H and O–H groups in total. The van der Waals surface area contributed by atoms with Crippen molar-refractivity contribution in [2.75, 3.05) is 0 Å². The van der Waals surface area contributed by atoms with Gasteiger partial charge in [-0.05, 0) is 37.3 Å². The summed E-state index contributed by atoms with van der Waals surface area (Å²) in [5.41, 5.74) is 4.00. The van der Waals surface area contributed by atoms with Crippen LogP contribution in [0.4, 0.5) is 0 Å². The maximum Gasteiger partial charge on any atom is 0.275 e. The van der Waals surface area contributed by atoms with Crippen molar-refractivity contribution in [3.05, 3.63) is 57.8 Å². The third-order valence-electron chi connectivity index (χ3n) is 2.48. The van der Waals surface area contributed by atoms with Crippen molar-refractivity contribution < 1.29 is 9.90 Å². The van der Waals surface area contributed by atoms with Crippen LogP contribution in [0.15, 0.2) is 46.0 Å². The number of rotatable bonds is 3. The number of nitrogens with zero attached hydrogens (tertiary/aromatic N) is 2. The van der Waals surface area contributed by atoms with Gasteiger partial charge >= 0.3 is 0 Å². The normalized spacial score (nSPS) is 10.7. The molecule has 20 heavy (non-hydrogen) atoms. The lowest BCUT2D eigenvalue weighted by molar-refractivity contribution is 0.0952. The molecule has 0 aliphatic heterocycles. The number of aromatic hydroxyl groups is 1. The molecule has 1 heterocycles. The molecule has 1 aromatic heterocycles.